The summed E-state index contributed by atoms with van der Waals surface area (Å²) in [5.41, 5.74) is -0.538. The molecule has 0 saturated carbocycles. The standard InChI is InChI=1S/C27H33F6N5O/c28-26(29,30)19-3-5-20(6-4-19)35-21-8-14-37(15-9-21)13-1-2-25(39)38-16-10-22(11-17-38)36-23-7-12-34-24(18-23)27(31,32)33/h3-7,12,18,21-22,35H,1-2,8-11,13-17H2,(H,34,36). The summed E-state index contributed by atoms with van der Waals surface area (Å²) in [5.74, 6) is 0.0931. The molecule has 2 fully saturated rings. The molecule has 2 aromatic rings. The van der Waals surface area contributed by atoms with E-state index in [0.717, 1.165) is 63.3 Å². The van der Waals surface area contributed by atoms with Gasteiger partial charge in [0.05, 0.1) is 5.56 Å². The lowest BCUT2D eigenvalue weighted by Gasteiger charge is -2.34. The molecule has 4 rings (SSSR count). The highest BCUT2D eigenvalue weighted by molar-refractivity contribution is 5.76. The normalized spacial score (nSPS) is 18.3. The van der Waals surface area contributed by atoms with E-state index in [-0.39, 0.29) is 18.0 Å². The van der Waals surface area contributed by atoms with Crippen molar-refractivity contribution in [1.82, 2.24) is 14.8 Å². The predicted molar refractivity (Wildman–Crippen MR) is 136 cm³/mol. The minimum atomic E-state index is -4.49. The average Bonchev–Trinajstić information content (AvgIpc) is 2.89. The van der Waals surface area contributed by atoms with Crippen LogP contribution in [0.4, 0.5) is 37.7 Å². The van der Waals surface area contributed by atoms with Crippen LogP contribution in [0.5, 0.6) is 0 Å². The van der Waals surface area contributed by atoms with E-state index in [0.29, 0.717) is 43.7 Å². The molecule has 1 aromatic heterocycles. The molecule has 1 amide bonds. The number of piperidine rings is 2. The fourth-order valence-corrected chi connectivity index (χ4v) is 5.09. The molecular weight excluding hydrogens is 524 g/mol. The number of hydrogen-bond acceptors (Lipinski definition) is 5. The number of pyridine rings is 1. The number of benzene rings is 1. The predicted octanol–water partition coefficient (Wildman–Crippen LogP) is 5.88. The molecule has 2 aliphatic rings. The van der Waals surface area contributed by atoms with Gasteiger partial charge in [0.1, 0.15) is 5.69 Å². The summed E-state index contributed by atoms with van der Waals surface area (Å²) in [6, 6.07) is 7.80. The summed E-state index contributed by atoms with van der Waals surface area (Å²) in [7, 11) is 0. The highest BCUT2D eigenvalue weighted by atomic mass is 19.4. The van der Waals surface area contributed by atoms with Crippen molar-refractivity contribution < 1.29 is 31.1 Å². The Morgan fingerprint density at radius 3 is 2.00 bits per heavy atom. The van der Waals surface area contributed by atoms with Gasteiger partial charge in [-0.2, -0.15) is 26.3 Å². The van der Waals surface area contributed by atoms with Gasteiger partial charge in [-0.25, -0.2) is 0 Å². The van der Waals surface area contributed by atoms with Crippen LogP contribution in [0.2, 0.25) is 0 Å². The molecule has 12 heteroatoms. The first-order chi connectivity index (χ1) is 18.5. The van der Waals surface area contributed by atoms with Gasteiger partial charge in [0.25, 0.3) is 0 Å². The first-order valence-electron chi connectivity index (χ1n) is 13.2. The van der Waals surface area contributed by atoms with Gasteiger partial charge < -0.3 is 20.4 Å². The molecule has 2 aliphatic heterocycles. The van der Waals surface area contributed by atoms with Crippen LogP contribution in [-0.2, 0) is 17.1 Å². The highest BCUT2D eigenvalue weighted by Gasteiger charge is 2.33. The molecular formula is C27H33F6N5O. The van der Waals surface area contributed by atoms with E-state index in [1.165, 1.54) is 18.2 Å². The number of nitrogens with one attached hydrogen (secondary N) is 2. The second-order valence-corrected chi connectivity index (χ2v) is 10.2. The number of alkyl halides is 6. The number of hydrogen-bond donors (Lipinski definition) is 2. The maximum atomic E-state index is 12.9. The molecule has 0 aliphatic carbocycles. The largest absolute Gasteiger partial charge is 0.433 e. The van der Waals surface area contributed by atoms with Crippen LogP contribution in [0.1, 0.15) is 49.8 Å². The van der Waals surface area contributed by atoms with Crippen molar-refractivity contribution in [3.63, 3.8) is 0 Å². The molecule has 0 radical (unpaired) electrons. The van der Waals surface area contributed by atoms with Crippen LogP contribution >= 0.6 is 0 Å². The van der Waals surface area contributed by atoms with Gasteiger partial charge in [-0.1, -0.05) is 0 Å². The maximum Gasteiger partial charge on any atom is 0.433 e. The summed E-state index contributed by atoms with van der Waals surface area (Å²) in [6.45, 7) is 3.65. The van der Waals surface area contributed by atoms with Gasteiger partial charge in [0, 0.05) is 62.3 Å². The van der Waals surface area contributed by atoms with Crippen molar-refractivity contribution in [2.24, 2.45) is 0 Å². The van der Waals surface area contributed by atoms with Gasteiger partial charge >= 0.3 is 12.4 Å². The van der Waals surface area contributed by atoms with Crippen LogP contribution in [0, 0.1) is 0 Å². The Morgan fingerprint density at radius 1 is 0.821 bits per heavy atom. The van der Waals surface area contributed by atoms with E-state index < -0.39 is 23.6 Å². The molecule has 214 valence electrons. The van der Waals surface area contributed by atoms with Crippen LogP contribution in [0.25, 0.3) is 0 Å². The van der Waals surface area contributed by atoms with Gasteiger partial charge in [-0.3, -0.25) is 9.78 Å². The summed E-state index contributed by atoms with van der Waals surface area (Å²) >= 11 is 0. The molecule has 0 spiro atoms. The van der Waals surface area contributed by atoms with Crippen molar-refractivity contribution in [1.29, 1.82) is 0 Å². The number of halogens is 6. The number of nitrogens with zero attached hydrogens (tertiary/aromatic N) is 3. The lowest BCUT2D eigenvalue weighted by Crippen LogP contribution is -2.43. The molecule has 6 nitrogen and oxygen atoms in total. The summed E-state index contributed by atoms with van der Waals surface area (Å²) in [6.07, 6.45) is -3.44. The fourth-order valence-electron chi connectivity index (χ4n) is 5.09. The van der Waals surface area contributed by atoms with Gasteiger partial charge in [0.2, 0.25) is 5.91 Å². The number of amides is 1. The Balaban J connectivity index is 1.11. The third kappa shape index (κ3) is 8.48. The number of carbonyl (C=O) groups is 1. The van der Waals surface area contributed by atoms with Crippen molar-refractivity contribution >= 4 is 17.3 Å². The van der Waals surface area contributed by atoms with Crippen LogP contribution in [-0.4, -0.2) is 65.5 Å². The number of carbonyl (C=O) groups excluding carboxylic acids is 1. The molecule has 2 saturated heterocycles. The zero-order valence-electron chi connectivity index (χ0n) is 21.5. The second kappa shape index (κ2) is 12.4. The number of rotatable bonds is 8. The Kier molecular flexibility index (Phi) is 9.24. The van der Waals surface area contributed by atoms with Gasteiger partial charge in [-0.05, 0) is 75.0 Å². The minimum absolute atomic E-state index is 0.00462. The smallest absolute Gasteiger partial charge is 0.382 e. The molecule has 3 heterocycles. The van der Waals surface area contributed by atoms with Gasteiger partial charge in [0.15, 0.2) is 0 Å². The van der Waals surface area contributed by atoms with E-state index in [9.17, 15) is 31.1 Å². The summed E-state index contributed by atoms with van der Waals surface area (Å²) in [5, 5.41) is 6.44. The van der Waals surface area contributed by atoms with Crippen LogP contribution in [0.15, 0.2) is 42.6 Å². The van der Waals surface area contributed by atoms with E-state index in [1.54, 1.807) is 0 Å². The molecule has 0 bridgehead atoms. The number of anilines is 2. The first kappa shape index (κ1) is 29.0. The van der Waals surface area contributed by atoms with E-state index in [2.05, 4.69) is 20.5 Å². The van der Waals surface area contributed by atoms with E-state index in [1.807, 2.05) is 4.90 Å². The molecule has 0 atom stereocenters. The van der Waals surface area contributed by atoms with Crippen LogP contribution in [0.3, 0.4) is 0 Å². The van der Waals surface area contributed by atoms with Gasteiger partial charge in [-0.15, -0.1) is 0 Å². The molecule has 1 aromatic carbocycles. The van der Waals surface area contributed by atoms with Crippen molar-refractivity contribution in [3.8, 4) is 0 Å². The first-order valence-corrected chi connectivity index (χ1v) is 13.2. The third-order valence-corrected chi connectivity index (χ3v) is 7.30. The monoisotopic (exact) mass is 557 g/mol. The van der Waals surface area contributed by atoms with E-state index >= 15 is 0 Å². The topological polar surface area (TPSA) is 60.5 Å². The molecule has 2 N–H and O–H groups in total. The molecule has 0 unspecified atom stereocenters. The zero-order chi connectivity index (χ0) is 28.0. The highest BCUT2D eigenvalue weighted by Crippen LogP contribution is 2.31. The van der Waals surface area contributed by atoms with E-state index in [4.69, 9.17) is 0 Å². The number of aromatic nitrogens is 1. The molecule has 39 heavy (non-hydrogen) atoms. The lowest BCUT2D eigenvalue weighted by atomic mass is 10.0. The lowest BCUT2D eigenvalue weighted by molar-refractivity contribution is -0.141. The van der Waals surface area contributed by atoms with Crippen LogP contribution < -0.4 is 10.6 Å². The average molecular weight is 558 g/mol. The SMILES string of the molecule is O=C(CCCN1CCC(Nc2ccc(C(F)(F)F)cc2)CC1)N1CCC(Nc2ccnc(C(F)(F)F)c2)CC1. The zero-order valence-corrected chi connectivity index (χ0v) is 21.5. The Bertz CT molecular complexity index is 1080. The fraction of sp³-hybridized carbons (Fsp3) is 0.556. The third-order valence-electron chi connectivity index (χ3n) is 7.30. The Morgan fingerprint density at radius 2 is 1.41 bits per heavy atom. The van der Waals surface area contributed by atoms with Crippen molar-refractivity contribution in [3.05, 3.63) is 53.9 Å². The second-order valence-electron chi connectivity index (χ2n) is 10.2. The Hall–Kier alpha value is -3.02. The Labute approximate surface area is 223 Å². The number of likely N-dealkylation sites (tertiary alicyclic amines) is 2. The van der Waals surface area contributed by atoms with Crippen molar-refractivity contribution in [2.45, 2.75) is 63.0 Å². The maximum absolute atomic E-state index is 12.9. The van der Waals surface area contributed by atoms with Crippen molar-refractivity contribution in [2.75, 3.05) is 43.4 Å². The summed E-state index contributed by atoms with van der Waals surface area (Å²) < 4.78 is 76.8. The quantitative estimate of drug-likeness (QED) is 0.397. The summed E-state index contributed by atoms with van der Waals surface area (Å²) in [4.78, 5) is 20.2. The minimum Gasteiger partial charge on any atom is -0.382 e.